The molecule has 0 aromatic heterocycles. The average Bonchev–Trinajstić information content (AvgIpc) is 2.77. The molecule has 4 rings (SSSR count). The van der Waals surface area contributed by atoms with E-state index in [0.29, 0.717) is 0 Å². The second kappa shape index (κ2) is 8.39. The lowest BCUT2D eigenvalue weighted by Gasteiger charge is -2.18. The molecule has 0 aliphatic heterocycles. The van der Waals surface area contributed by atoms with Gasteiger partial charge in [0.25, 0.3) is 0 Å². The van der Waals surface area contributed by atoms with E-state index >= 15 is 0 Å². The van der Waals surface area contributed by atoms with E-state index in [2.05, 4.69) is 111 Å². The molecular weight excluding hydrogens is 360 g/mol. The van der Waals surface area contributed by atoms with E-state index in [4.69, 9.17) is 0 Å². The first-order valence-corrected chi connectivity index (χ1v) is 10.3. The van der Waals surface area contributed by atoms with Crippen molar-refractivity contribution in [2.45, 2.75) is 13.8 Å². The summed E-state index contributed by atoms with van der Waals surface area (Å²) in [5.74, 6) is 0. The Hall–Kier alpha value is -3.64. The molecule has 0 saturated carbocycles. The van der Waals surface area contributed by atoms with Crippen molar-refractivity contribution in [1.29, 1.82) is 0 Å². The number of hydrogen-bond acceptors (Lipinski definition) is 0. The monoisotopic (exact) mass is 386 g/mol. The van der Waals surface area contributed by atoms with Crippen LogP contribution in [0.25, 0.3) is 43.8 Å². The third-order valence-corrected chi connectivity index (χ3v) is 5.53. The summed E-state index contributed by atoms with van der Waals surface area (Å²) < 4.78 is 0. The molecule has 0 aliphatic rings. The summed E-state index contributed by atoms with van der Waals surface area (Å²) in [6, 6.07) is 26.2. The molecule has 0 amide bonds. The van der Waals surface area contributed by atoms with Gasteiger partial charge in [0.05, 0.1) is 0 Å². The molecule has 0 nitrogen and oxygen atoms in total. The Bertz CT molecular complexity index is 1250. The molecule has 0 radical (unpaired) electrons. The van der Waals surface area contributed by atoms with Crippen LogP contribution < -0.4 is 0 Å². The first-order chi connectivity index (χ1) is 14.7. The van der Waals surface area contributed by atoms with Gasteiger partial charge < -0.3 is 0 Å². The van der Waals surface area contributed by atoms with Crippen molar-refractivity contribution in [1.82, 2.24) is 0 Å². The zero-order valence-corrected chi connectivity index (χ0v) is 17.7. The van der Waals surface area contributed by atoms with Crippen LogP contribution in [0.5, 0.6) is 0 Å². The van der Waals surface area contributed by atoms with E-state index < -0.39 is 0 Å². The van der Waals surface area contributed by atoms with Crippen molar-refractivity contribution in [2.24, 2.45) is 0 Å². The largest absolute Gasteiger partial charge is 0.0990 e. The fourth-order valence-corrected chi connectivity index (χ4v) is 4.20. The minimum atomic E-state index is 1.08. The minimum absolute atomic E-state index is 1.08. The van der Waals surface area contributed by atoms with Crippen LogP contribution in [-0.2, 0) is 0 Å². The fraction of sp³-hybridized carbons (Fsp3) is 0.0667. The lowest BCUT2D eigenvalue weighted by Crippen LogP contribution is -1.93. The maximum absolute atomic E-state index is 4.07. The van der Waals surface area contributed by atoms with Gasteiger partial charge >= 0.3 is 0 Å². The standard InChI is InChI=1S/C30H26/c1-5-11-23(12-6-2)29-25-13-7-9-15-27(25)30(28-16-10-8-14-26(28)29)24-19-17-22(18-20-24)21(3)4/h5-20H,1,3H2,2,4H3/b12-6-,23-11+. The SMILES string of the molecule is C=C/C=C(\C=C/C)c1c2ccccc2c(-c2ccc(C(=C)C)cc2)c2ccccc12. The van der Waals surface area contributed by atoms with Gasteiger partial charge in [-0.25, -0.2) is 0 Å². The topological polar surface area (TPSA) is 0 Å². The number of hydrogen-bond donors (Lipinski definition) is 0. The van der Waals surface area contributed by atoms with E-state index in [1.54, 1.807) is 0 Å². The quantitative estimate of drug-likeness (QED) is 0.237. The van der Waals surface area contributed by atoms with Gasteiger partial charge in [0.2, 0.25) is 0 Å². The van der Waals surface area contributed by atoms with Crippen molar-refractivity contribution in [3.05, 3.63) is 121 Å². The van der Waals surface area contributed by atoms with Crippen LogP contribution in [0, 0.1) is 0 Å². The lowest BCUT2D eigenvalue weighted by atomic mass is 9.85. The highest BCUT2D eigenvalue weighted by molar-refractivity contribution is 6.19. The number of allylic oxidation sites excluding steroid dienone is 6. The van der Waals surface area contributed by atoms with E-state index in [0.717, 1.165) is 5.57 Å². The molecule has 0 unspecified atom stereocenters. The van der Waals surface area contributed by atoms with Crippen LogP contribution in [0.4, 0.5) is 0 Å². The maximum Gasteiger partial charge on any atom is -0.00264 e. The molecule has 4 aromatic rings. The van der Waals surface area contributed by atoms with Gasteiger partial charge in [0.1, 0.15) is 0 Å². The molecule has 146 valence electrons. The van der Waals surface area contributed by atoms with Crippen LogP contribution in [-0.4, -0.2) is 0 Å². The molecule has 4 aromatic carbocycles. The lowest BCUT2D eigenvalue weighted by molar-refractivity contribution is 1.57. The van der Waals surface area contributed by atoms with Crippen LogP contribution in [0.2, 0.25) is 0 Å². The van der Waals surface area contributed by atoms with Gasteiger partial charge in [-0.05, 0) is 63.2 Å². The molecule has 0 aliphatic carbocycles. The normalized spacial score (nSPS) is 12.0. The number of benzene rings is 4. The highest BCUT2D eigenvalue weighted by Crippen LogP contribution is 2.42. The Morgan fingerprint density at radius 3 is 1.77 bits per heavy atom. The molecular formula is C30H26. The van der Waals surface area contributed by atoms with Gasteiger partial charge in [0.15, 0.2) is 0 Å². The molecule has 30 heavy (non-hydrogen) atoms. The summed E-state index contributed by atoms with van der Waals surface area (Å²) in [4.78, 5) is 0. The molecule has 0 bridgehead atoms. The number of fused-ring (bicyclic) bond motifs is 2. The van der Waals surface area contributed by atoms with E-state index in [9.17, 15) is 0 Å². The summed E-state index contributed by atoms with van der Waals surface area (Å²) in [5, 5.41) is 5.02. The zero-order valence-electron chi connectivity index (χ0n) is 17.7. The molecule has 0 heteroatoms. The van der Waals surface area contributed by atoms with Crippen LogP contribution in [0.1, 0.15) is 25.0 Å². The first kappa shape index (κ1) is 19.7. The van der Waals surface area contributed by atoms with Crippen molar-refractivity contribution in [2.75, 3.05) is 0 Å². The highest BCUT2D eigenvalue weighted by atomic mass is 14.2. The van der Waals surface area contributed by atoms with Crippen LogP contribution in [0.15, 0.2) is 110 Å². The maximum atomic E-state index is 4.07. The van der Waals surface area contributed by atoms with Gasteiger partial charge in [-0.1, -0.05) is 116 Å². The molecule has 0 fully saturated rings. The predicted octanol–water partition coefficient (Wildman–Crippen LogP) is 8.84. The highest BCUT2D eigenvalue weighted by Gasteiger charge is 2.16. The van der Waals surface area contributed by atoms with Crippen LogP contribution in [0.3, 0.4) is 0 Å². The Kier molecular flexibility index (Phi) is 5.50. The van der Waals surface area contributed by atoms with Gasteiger partial charge in [-0.3, -0.25) is 0 Å². The van der Waals surface area contributed by atoms with Gasteiger partial charge in [-0.2, -0.15) is 0 Å². The summed E-state index contributed by atoms with van der Waals surface area (Å²) in [7, 11) is 0. The fourth-order valence-electron chi connectivity index (χ4n) is 4.20. The van der Waals surface area contributed by atoms with Crippen molar-refractivity contribution in [3.63, 3.8) is 0 Å². The van der Waals surface area contributed by atoms with Crippen molar-refractivity contribution < 1.29 is 0 Å². The second-order valence-electron chi connectivity index (χ2n) is 7.56. The Balaban J connectivity index is 2.15. The summed E-state index contributed by atoms with van der Waals surface area (Å²) in [6.45, 7) is 12.1. The smallest absolute Gasteiger partial charge is 0.00264 e. The summed E-state index contributed by atoms with van der Waals surface area (Å²) in [5.41, 5.74) is 7.17. The van der Waals surface area contributed by atoms with Crippen molar-refractivity contribution in [3.8, 4) is 11.1 Å². The van der Waals surface area contributed by atoms with E-state index in [1.165, 1.54) is 49.4 Å². The third-order valence-electron chi connectivity index (χ3n) is 5.53. The second-order valence-corrected chi connectivity index (χ2v) is 7.56. The molecule has 0 heterocycles. The average molecular weight is 387 g/mol. The minimum Gasteiger partial charge on any atom is -0.0990 e. The van der Waals surface area contributed by atoms with Gasteiger partial charge in [0, 0.05) is 0 Å². The predicted molar refractivity (Wildman–Crippen MR) is 135 cm³/mol. The first-order valence-electron chi connectivity index (χ1n) is 10.3. The Morgan fingerprint density at radius 2 is 1.30 bits per heavy atom. The Morgan fingerprint density at radius 1 is 0.767 bits per heavy atom. The van der Waals surface area contributed by atoms with Crippen LogP contribution >= 0.6 is 0 Å². The Labute approximate surface area is 179 Å². The molecule has 0 saturated heterocycles. The summed E-state index contributed by atoms with van der Waals surface area (Å²) >= 11 is 0. The molecule has 0 N–H and O–H groups in total. The van der Waals surface area contributed by atoms with E-state index in [-0.39, 0.29) is 0 Å². The molecule has 0 spiro atoms. The third kappa shape index (κ3) is 3.42. The number of rotatable bonds is 5. The van der Waals surface area contributed by atoms with E-state index in [1.807, 2.05) is 13.0 Å². The molecule has 0 atom stereocenters. The summed E-state index contributed by atoms with van der Waals surface area (Å²) in [6.07, 6.45) is 8.21. The zero-order chi connectivity index (χ0) is 21.1. The van der Waals surface area contributed by atoms with Crippen molar-refractivity contribution >= 4 is 32.7 Å². The van der Waals surface area contributed by atoms with Gasteiger partial charge in [-0.15, -0.1) is 0 Å².